The molecule has 0 saturated carbocycles. The molecular formula is C8H3ClF6INO. The second kappa shape index (κ2) is 5.27. The van der Waals surface area contributed by atoms with Crippen LogP contribution in [0.3, 0.4) is 0 Å². The topological polar surface area (TPSA) is 22.1 Å². The summed E-state index contributed by atoms with van der Waals surface area (Å²) in [6, 6.07) is 0.599. The maximum absolute atomic E-state index is 12.6. The Bertz CT molecular complexity index is 446. The highest BCUT2D eigenvalue weighted by Gasteiger charge is 2.39. The van der Waals surface area contributed by atoms with E-state index in [9.17, 15) is 26.3 Å². The van der Waals surface area contributed by atoms with Crippen LogP contribution in [0.25, 0.3) is 0 Å². The molecule has 0 fully saturated rings. The van der Waals surface area contributed by atoms with Crippen molar-refractivity contribution < 1.29 is 31.1 Å². The molecule has 0 amide bonds. The molecular weight excluding hydrogens is 402 g/mol. The van der Waals surface area contributed by atoms with Crippen LogP contribution in [0.4, 0.5) is 26.3 Å². The number of nitrogens with zero attached hydrogens (tertiary/aromatic N) is 1. The van der Waals surface area contributed by atoms with Crippen LogP contribution in [-0.2, 0) is 12.1 Å². The summed E-state index contributed by atoms with van der Waals surface area (Å²) in [5, 5.41) is 0. The van der Waals surface area contributed by atoms with E-state index >= 15 is 0 Å². The largest absolute Gasteiger partial charge is 0.574 e. The first kappa shape index (κ1) is 15.6. The van der Waals surface area contributed by atoms with Gasteiger partial charge in [0.2, 0.25) is 5.88 Å². The standard InChI is InChI=1S/C8H3ClF6INO/c9-2-3-4(7(10,11)12)1-5(16)17-6(3)18-8(13,14)15/h1H,2H2. The molecule has 0 aliphatic carbocycles. The summed E-state index contributed by atoms with van der Waals surface area (Å²) in [5.41, 5.74) is -2.14. The second-order valence-corrected chi connectivity index (χ2v) is 4.33. The lowest BCUT2D eigenvalue weighted by atomic mass is 10.1. The van der Waals surface area contributed by atoms with E-state index in [-0.39, 0.29) is 3.70 Å². The van der Waals surface area contributed by atoms with Gasteiger partial charge in [0, 0.05) is 5.56 Å². The van der Waals surface area contributed by atoms with E-state index in [0.717, 1.165) is 0 Å². The van der Waals surface area contributed by atoms with Gasteiger partial charge in [-0.05, 0) is 28.7 Å². The molecule has 0 bridgehead atoms. The summed E-state index contributed by atoms with van der Waals surface area (Å²) in [6.45, 7) is 0. The highest BCUT2D eigenvalue weighted by molar-refractivity contribution is 14.1. The molecule has 1 rings (SSSR count). The second-order valence-electron chi connectivity index (χ2n) is 2.96. The number of ether oxygens (including phenoxy) is 1. The number of rotatable bonds is 2. The lowest BCUT2D eigenvalue weighted by Crippen LogP contribution is -2.21. The van der Waals surface area contributed by atoms with Crippen molar-refractivity contribution in [2.45, 2.75) is 18.4 Å². The molecule has 102 valence electrons. The zero-order valence-electron chi connectivity index (χ0n) is 8.16. The van der Waals surface area contributed by atoms with E-state index in [1.54, 1.807) is 0 Å². The Morgan fingerprint density at radius 1 is 1.22 bits per heavy atom. The van der Waals surface area contributed by atoms with Crippen molar-refractivity contribution in [2.24, 2.45) is 0 Å². The van der Waals surface area contributed by atoms with Gasteiger partial charge in [-0.3, -0.25) is 0 Å². The average molecular weight is 405 g/mol. The quantitative estimate of drug-likeness (QED) is 0.316. The van der Waals surface area contributed by atoms with Crippen molar-refractivity contribution in [1.29, 1.82) is 0 Å². The van der Waals surface area contributed by atoms with Gasteiger partial charge in [-0.1, -0.05) is 0 Å². The first-order valence-corrected chi connectivity index (χ1v) is 5.74. The van der Waals surface area contributed by atoms with Crippen LogP contribution in [0.15, 0.2) is 6.07 Å². The molecule has 0 radical (unpaired) electrons. The molecule has 2 nitrogen and oxygen atoms in total. The maximum atomic E-state index is 12.6. The Hall–Kier alpha value is -0.450. The molecule has 0 aliphatic heterocycles. The minimum absolute atomic E-state index is 0.284. The van der Waals surface area contributed by atoms with Crippen LogP contribution in [0.2, 0.25) is 0 Å². The molecule has 1 heterocycles. The van der Waals surface area contributed by atoms with Crippen LogP contribution >= 0.6 is 34.2 Å². The fraction of sp³-hybridized carbons (Fsp3) is 0.375. The van der Waals surface area contributed by atoms with E-state index in [0.29, 0.717) is 6.07 Å². The Balaban J connectivity index is 3.39. The van der Waals surface area contributed by atoms with Gasteiger partial charge in [0.25, 0.3) is 0 Å². The van der Waals surface area contributed by atoms with Crippen LogP contribution < -0.4 is 4.74 Å². The molecule has 0 spiro atoms. The first-order valence-electron chi connectivity index (χ1n) is 4.13. The molecule has 0 unspecified atom stereocenters. The van der Waals surface area contributed by atoms with Gasteiger partial charge in [-0.2, -0.15) is 13.2 Å². The first-order chi connectivity index (χ1) is 8.04. The van der Waals surface area contributed by atoms with Gasteiger partial charge in [0.1, 0.15) is 3.70 Å². The zero-order valence-corrected chi connectivity index (χ0v) is 11.1. The molecule has 0 atom stereocenters. The number of halogens is 8. The van der Waals surface area contributed by atoms with Crippen molar-refractivity contribution in [2.75, 3.05) is 0 Å². The third kappa shape index (κ3) is 4.04. The minimum atomic E-state index is -5.14. The molecule has 0 N–H and O–H groups in total. The highest BCUT2D eigenvalue weighted by Crippen LogP contribution is 2.38. The van der Waals surface area contributed by atoms with E-state index in [1.165, 1.54) is 22.6 Å². The summed E-state index contributed by atoms with van der Waals surface area (Å²) in [7, 11) is 0. The van der Waals surface area contributed by atoms with Crippen LogP contribution in [0.5, 0.6) is 5.88 Å². The number of hydrogen-bond donors (Lipinski definition) is 0. The van der Waals surface area contributed by atoms with E-state index < -0.39 is 35.4 Å². The van der Waals surface area contributed by atoms with E-state index in [4.69, 9.17) is 11.6 Å². The molecule has 1 aromatic heterocycles. The third-order valence-corrected chi connectivity index (χ3v) is 2.53. The lowest BCUT2D eigenvalue weighted by Gasteiger charge is -2.16. The van der Waals surface area contributed by atoms with Crippen LogP contribution in [0, 0.1) is 3.70 Å². The van der Waals surface area contributed by atoms with Gasteiger partial charge in [-0.25, -0.2) is 4.98 Å². The number of alkyl halides is 7. The van der Waals surface area contributed by atoms with Crippen LogP contribution in [-0.4, -0.2) is 11.3 Å². The fourth-order valence-corrected chi connectivity index (χ4v) is 1.88. The summed E-state index contributed by atoms with van der Waals surface area (Å²) in [5.74, 6) is -1.98. The number of aromatic nitrogens is 1. The predicted molar refractivity (Wildman–Crippen MR) is 58.2 cm³/mol. The van der Waals surface area contributed by atoms with Crippen molar-refractivity contribution in [3.05, 3.63) is 20.9 Å². The molecule has 0 saturated heterocycles. The monoisotopic (exact) mass is 405 g/mol. The summed E-state index contributed by atoms with van der Waals surface area (Å²) in [4.78, 5) is 3.26. The smallest absolute Gasteiger partial charge is 0.387 e. The van der Waals surface area contributed by atoms with Crippen LogP contribution in [0.1, 0.15) is 11.1 Å². The number of pyridine rings is 1. The Morgan fingerprint density at radius 3 is 2.17 bits per heavy atom. The average Bonchev–Trinajstić information content (AvgIpc) is 2.12. The van der Waals surface area contributed by atoms with Crippen molar-refractivity contribution in [1.82, 2.24) is 4.98 Å². The van der Waals surface area contributed by atoms with Gasteiger partial charge < -0.3 is 4.74 Å². The molecule has 0 aliphatic rings. The lowest BCUT2D eigenvalue weighted by molar-refractivity contribution is -0.276. The fourth-order valence-electron chi connectivity index (χ4n) is 1.09. The summed E-state index contributed by atoms with van der Waals surface area (Å²) in [6.07, 6.45) is -9.97. The normalized spacial score (nSPS) is 12.7. The predicted octanol–water partition coefficient (Wildman–Crippen LogP) is 4.34. The minimum Gasteiger partial charge on any atom is -0.387 e. The summed E-state index contributed by atoms with van der Waals surface area (Å²) < 4.78 is 77.0. The Labute approximate surface area is 115 Å². The molecule has 1 aromatic rings. The van der Waals surface area contributed by atoms with Gasteiger partial charge in [0.05, 0.1) is 11.4 Å². The molecule has 18 heavy (non-hydrogen) atoms. The Kier molecular flexibility index (Phi) is 4.57. The Morgan fingerprint density at radius 2 is 1.78 bits per heavy atom. The van der Waals surface area contributed by atoms with Crippen molar-refractivity contribution in [3.8, 4) is 5.88 Å². The molecule has 10 heteroatoms. The SMILES string of the molecule is FC(F)(F)Oc1nc(I)cc(C(F)(F)F)c1CCl. The highest BCUT2D eigenvalue weighted by atomic mass is 127. The van der Waals surface area contributed by atoms with Gasteiger partial charge in [0.15, 0.2) is 0 Å². The molecule has 0 aromatic carbocycles. The van der Waals surface area contributed by atoms with Gasteiger partial charge >= 0.3 is 12.5 Å². The maximum Gasteiger partial charge on any atom is 0.574 e. The zero-order chi connectivity index (χ0) is 14.1. The van der Waals surface area contributed by atoms with Crippen molar-refractivity contribution >= 4 is 34.2 Å². The third-order valence-electron chi connectivity index (χ3n) is 1.71. The van der Waals surface area contributed by atoms with Gasteiger partial charge in [-0.15, -0.1) is 24.8 Å². The van der Waals surface area contributed by atoms with E-state index in [1.807, 2.05) is 0 Å². The number of hydrogen-bond acceptors (Lipinski definition) is 2. The van der Waals surface area contributed by atoms with E-state index in [2.05, 4.69) is 9.72 Å². The van der Waals surface area contributed by atoms with Crippen molar-refractivity contribution in [3.63, 3.8) is 0 Å². The summed E-state index contributed by atoms with van der Waals surface area (Å²) >= 11 is 6.59.